The van der Waals surface area contributed by atoms with Crippen molar-refractivity contribution in [2.75, 3.05) is 13.7 Å². The number of ether oxygens (including phenoxy) is 1. The van der Waals surface area contributed by atoms with E-state index < -0.39 is 34.7 Å². The fourth-order valence-corrected chi connectivity index (χ4v) is 2.51. The van der Waals surface area contributed by atoms with Crippen molar-refractivity contribution in [2.45, 2.75) is 39.2 Å². The molecular weight excluding hydrogens is 411 g/mol. The van der Waals surface area contributed by atoms with Crippen LogP contribution in [0.25, 0.3) is 0 Å². The van der Waals surface area contributed by atoms with E-state index in [1.165, 1.54) is 13.2 Å². The van der Waals surface area contributed by atoms with E-state index in [0.717, 1.165) is 12.1 Å². The molecule has 0 saturated heterocycles. The molecule has 1 radical (unpaired) electrons. The summed E-state index contributed by atoms with van der Waals surface area (Å²) >= 11 is 0. The number of carbonyl (C=O) groups is 2. The van der Waals surface area contributed by atoms with Crippen molar-refractivity contribution in [3.05, 3.63) is 46.2 Å². The number of hydrogen-bond acceptors (Lipinski definition) is 6. The Hall–Kier alpha value is -3.44. The number of carbonyl (C=O) groups excluding carboxylic acids is 2. The SMILES string of the molecule is COc1ccc(F)cc1C(=O)N[C@@H](CCCNC(=N)N[N+](=O)[O-])C(=O)N[CH]CC(C)C. The second-order valence-corrected chi connectivity index (χ2v) is 7.03. The molecule has 0 bridgehead atoms. The van der Waals surface area contributed by atoms with Crippen molar-refractivity contribution in [2.24, 2.45) is 5.92 Å². The lowest BCUT2D eigenvalue weighted by atomic mass is 10.1. The molecule has 0 spiro atoms. The van der Waals surface area contributed by atoms with Gasteiger partial charge in [0.1, 0.15) is 17.6 Å². The van der Waals surface area contributed by atoms with Crippen molar-refractivity contribution >= 4 is 17.8 Å². The normalized spacial score (nSPS) is 11.4. The molecule has 0 fully saturated rings. The molecule has 1 atom stereocenters. The summed E-state index contributed by atoms with van der Waals surface area (Å²) in [7, 11) is 1.34. The molecule has 1 aromatic rings. The molecule has 11 nitrogen and oxygen atoms in total. The van der Waals surface area contributed by atoms with Gasteiger partial charge in [-0.25, -0.2) is 14.5 Å². The monoisotopic (exact) mass is 439 g/mol. The molecule has 1 aromatic carbocycles. The van der Waals surface area contributed by atoms with Gasteiger partial charge in [-0.1, -0.05) is 19.3 Å². The van der Waals surface area contributed by atoms with Gasteiger partial charge in [-0.05, 0) is 43.4 Å². The van der Waals surface area contributed by atoms with E-state index in [0.29, 0.717) is 18.8 Å². The number of rotatable bonds is 12. The highest BCUT2D eigenvalue weighted by molar-refractivity contribution is 5.99. The van der Waals surface area contributed by atoms with Crippen LogP contribution in [0.4, 0.5) is 4.39 Å². The van der Waals surface area contributed by atoms with E-state index in [-0.39, 0.29) is 24.3 Å². The Balaban J connectivity index is 2.78. The predicted molar refractivity (Wildman–Crippen MR) is 111 cm³/mol. The second-order valence-electron chi connectivity index (χ2n) is 7.03. The maximum atomic E-state index is 13.6. The summed E-state index contributed by atoms with van der Waals surface area (Å²) in [5.41, 5.74) is 1.60. The summed E-state index contributed by atoms with van der Waals surface area (Å²) in [6, 6.07) is 2.52. The van der Waals surface area contributed by atoms with Crippen molar-refractivity contribution in [1.29, 1.82) is 5.41 Å². The highest BCUT2D eigenvalue weighted by Gasteiger charge is 2.23. The second kappa shape index (κ2) is 13.0. The summed E-state index contributed by atoms with van der Waals surface area (Å²) in [6.45, 7) is 5.72. The van der Waals surface area contributed by atoms with E-state index in [9.17, 15) is 24.1 Å². The maximum Gasteiger partial charge on any atom is 0.255 e. The Morgan fingerprint density at radius 1 is 1.35 bits per heavy atom. The maximum absolute atomic E-state index is 13.6. The summed E-state index contributed by atoms with van der Waals surface area (Å²) in [4.78, 5) is 35.5. The molecular formula is C19H28FN6O5. The van der Waals surface area contributed by atoms with E-state index in [1.807, 2.05) is 13.8 Å². The van der Waals surface area contributed by atoms with Crippen LogP contribution in [0.5, 0.6) is 5.75 Å². The highest BCUT2D eigenvalue weighted by atomic mass is 19.1. The van der Waals surface area contributed by atoms with Crippen molar-refractivity contribution in [3.63, 3.8) is 0 Å². The van der Waals surface area contributed by atoms with Crippen LogP contribution in [0.15, 0.2) is 18.2 Å². The molecule has 31 heavy (non-hydrogen) atoms. The number of amides is 2. The van der Waals surface area contributed by atoms with Gasteiger partial charge in [0.05, 0.1) is 12.7 Å². The topological polar surface area (TPSA) is 158 Å². The first-order valence-electron chi connectivity index (χ1n) is 9.64. The van der Waals surface area contributed by atoms with Crippen molar-refractivity contribution in [3.8, 4) is 5.75 Å². The third-order valence-electron chi connectivity index (χ3n) is 4.04. The Morgan fingerprint density at radius 3 is 2.68 bits per heavy atom. The number of methoxy groups -OCH3 is 1. The van der Waals surface area contributed by atoms with Crippen LogP contribution in [-0.4, -0.2) is 42.5 Å². The van der Waals surface area contributed by atoms with Gasteiger partial charge < -0.3 is 20.7 Å². The minimum atomic E-state index is -0.955. The minimum absolute atomic E-state index is 0.0541. The number of nitrogens with zero attached hydrogens (tertiary/aromatic N) is 1. The van der Waals surface area contributed by atoms with Gasteiger partial charge >= 0.3 is 0 Å². The Labute approximate surface area is 179 Å². The highest BCUT2D eigenvalue weighted by Crippen LogP contribution is 2.19. The average Bonchev–Trinajstić information content (AvgIpc) is 2.69. The molecule has 12 heteroatoms. The Morgan fingerprint density at radius 2 is 2.06 bits per heavy atom. The van der Waals surface area contributed by atoms with Crippen molar-refractivity contribution < 1.29 is 23.7 Å². The Bertz CT molecular complexity index is 789. The third kappa shape index (κ3) is 9.74. The molecule has 0 unspecified atom stereocenters. The molecule has 0 aliphatic carbocycles. The lowest BCUT2D eigenvalue weighted by molar-refractivity contribution is -0.525. The number of nitrogens with one attached hydrogen (secondary N) is 5. The van der Waals surface area contributed by atoms with Crippen molar-refractivity contribution in [1.82, 2.24) is 21.4 Å². The van der Waals surface area contributed by atoms with Gasteiger partial charge in [-0.15, -0.1) is 0 Å². The largest absolute Gasteiger partial charge is 0.496 e. The first kappa shape index (κ1) is 25.6. The zero-order chi connectivity index (χ0) is 23.4. The number of halogens is 1. The first-order chi connectivity index (χ1) is 14.6. The molecule has 0 saturated carbocycles. The van der Waals surface area contributed by atoms with Crippen LogP contribution in [-0.2, 0) is 4.79 Å². The molecule has 2 amide bonds. The molecule has 0 heterocycles. The van der Waals surface area contributed by atoms with Gasteiger partial charge in [0.15, 0.2) is 5.03 Å². The summed E-state index contributed by atoms with van der Waals surface area (Å²) < 4.78 is 18.7. The van der Waals surface area contributed by atoms with Crippen LogP contribution in [0.1, 0.15) is 43.5 Å². The standard InChI is InChI=1S/C19H28FN6O5/c1-12(2)8-10-22-18(28)15(5-4-9-23-19(21)25-26(29)30)24-17(27)14-11-13(20)6-7-16(14)31-3/h6-7,10-12,15H,4-5,8-9H2,1-3H3,(H,22,28)(H,24,27)(H3,21,23,25)/t15-/m0/s1. The predicted octanol–water partition coefficient (Wildman–Crippen LogP) is 1.34. The third-order valence-corrected chi connectivity index (χ3v) is 4.04. The van der Waals surface area contributed by atoms with Gasteiger partial charge in [0, 0.05) is 13.1 Å². The van der Waals surface area contributed by atoms with E-state index in [4.69, 9.17) is 10.1 Å². The summed E-state index contributed by atoms with van der Waals surface area (Å²) in [5.74, 6) is -1.78. The molecule has 0 aliphatic rings. The zero-order valence-electron chi connectivity index (χ0n) is 17.7. The van der Waals surface area contributed by atoms with Crippen LogP contribution in [0.2, 0.25) is 0 Å². The fourth-order valence-electron chi connectivity index (χ4n) is 2.51. The lowest BCUT2D eigenvalue weighted by Gasteiger charge is -2.19. The average molecular weight is 439 g/mol. The van der Waals surface area contributed by atoms with E-state index in [1.54, 1.807) is 12.0 Å². The zero-order valence-corrected chi connectivity index (χ0v) is 17.7. The van der Waals surface area contributed by atoms with Gasteiger partial charge in [-0.3, -0.25) is 15.0 Å². The fraction of sp³-hybridized carbons (Fsp3) is 0.474. The van der Waals surface area contributed by atoms with Crippen LogP contribution < -0.4 is 26.1 Å². The van der Waals surface area contributed by atoms with Gasteiger partial charge in [0.25, 0.3) is 11.9 Å². The summed E-state index contributed by atoms with van der Waals surface area (Å²) in [5, 5.41) is 24.5. The van der Waals surface area contributed by atoms with E-state index in [2.05, 4.69) is 16.0 Å². The quantitative estimate of drug-likeness (QED) is 0.108. The smallest absolute Gasteiger partial charge is 0.255 e. The first-order valence-corrected chi connectivity index (χ1v) is 9.64. The lowest BCUT2D eigenvalue weighted by Crippen LogP contribution is -2.47. The molecule has 1 rings (SSSR count). The number of guanidine groups is 1. The van der Waals surface area contributed by atoms with Gasteiger partial charge in [-0.2, -0.15) is 0 Å². The molecule has 5 N–H and O–H groups in total. The molecule has 0 aromatic heterocycles. The van der Waals surface area contributed by atoms with Crippen LogP contribution in [0, 0.1) is 33.8 Å². The molecule has 0 aliphatic heterocycles. The van der Waals surface area contributed by atoms with Crippen LogP contribution in [0.3, 0.4) is 0 Å². The minimum Gasteiger partial charge on any atom is -0.496 e. The molecule has 171 valence electrons. The Kier molecular flexibility index (Phi) is 10.7. The number of hydrazine groups is 1. The number of nitro groups is 1. The number of hydrogen-bond donors (Lipinski definition) is 5. The van der Waals surface area contributed by atoms with Crippen LogP contribution >= 0.6 is 0 Å². The van der Waals surface area contributed by atoms with E-state index >= 15 is 0 Å². The van der Waals surface area contributed by atoms with Gasteiger partial charge in [0.2, 0.25) is 5.91 Å². The number of benzene rings is 1. The summed E-state index contributed by atoms with van der Waals surface area (Å²) in [6.07, 6.45) is 1.11.